The molecule has 140 valence electrons. The van der Waals surface area contributed by atoms with Gasteiger partial charge >= 0.3 is 0 Å². The maximum Gasteiger partial charge on any atom is 0.237 e. The minimum atomic E-state index is -3.38. The summed E-state index contributed by atoms with van der Waals surface area (Å²) in [7, 11) is -3.38. The van der Waals surface area contributed by atoms with E-state index in [1.165, 1.54) is 4.90 Å². The molecule has 1 aliphatic rings. The zero-order valence-electron chi connectivity index (χ0n) is 13.8. The Labute approximate surface area is 144 Å². The van der Waals surface area contributed by atoms with Crippen molar-refractivity contribution in [1.82, 2.24) is 4.90 Å². The number of hydrogen-bond donors (Lipinski definition) is 1. The molecule has 0 aromatic heterocycles. The molecule has 2 N–H and O–H groups in total. The van der Waals surface area contributed by atoms with Gasteiger partial charge in [0.1, 0.15) is 11.6 Å². The van der Waals surface area contributed by atoms with Crippen LogP contribution in [-0.2, 0) is 21.1 Å². The molecular formula is C16H21F3N2O3S. The quantitative estimate of drug-likeness (QED) is 0.783. The van der Waals surface area contributed by atoms with Gasteiger partial charge in [-0.25, -0.2) is 21.6 Å². The predicted molar refractivity (Wildman–Crippen MR) is 87.0 cm³/mol. The average Bonchev–Trinajstić information content (AvgIpc) is 2.51. The highest BCUT2D eigenvalue weighted by atomic mass is 32.2. The molecule has 2 rings (SSSR count). The Hall–Kier alpha value is -1.61. The highest BCUT2D eigenvalue weighted by molar-refractivity contribution is 7.91. The zero-order chi connectivity index (χ0) is 18.8. The molecule has 0 radical (unpaired) electrons. The van der Waals surface area contributed by atoms with E-state index in [2.05, 4.69) is 0 Å². The minimum Gasteiger partial charge on any atom is -0.342 e. The maximum atomic E-state index is 13.7. The van der Waals surface area contributed by atoms with Crippen LogP contribution in [-0.4, -0.2) is 50.4 Å². The van der Waals surface area contributed by atoms with Crippen LogP contribution in [0.1, 0.15) is 18.4 Å². The molecule has 1 atom stereocenters. The lowest BCUT2D eigenvalue weighted by Gasteiger charge is -2.34. The average molecular weight is 378 g/mol. The monoisotopic (exact) mass is 378 g/mol. The normalized spacial score (nSPS) is 17.6. The molecule has 1 fully saturated rings. The fraction of sp³-hybridized carbons (Fsp3) is 0.562. The van der Waals surface area contributed by atoms with Crippen LogP contribution >= 0.6 is 0 Å². The third kappa shape index (κ3) is 5.43. The lowest BCUT2D eigenvalue weighted by atomic mass is 9.86. The van der Waals surface area contributed by atoms with Crippen molar-refractivity contribution in [1.29, 1.82) is 0 Å². The Morgan fingerprint density at radius 2 is 1.76 bits per heavy atom. The number of hydrogen-bond acceptors (Lipinski definition) is 4. The van der Waals surface area contributed by atoms with Gasteiger partial charge in [-0.2, -0.15) is 0 Å². The van der Waals surface area contributed by atoms with Crippen molar-refractivity contribution >= 4 is 15.7 Å². The van der Waals surface area contributed by atoms with E-state index in [9.17, 15) is 26.4 Å². The number of amides is 1. The van der Waals surface area contributed by atoms with Crippen molar-refractivity contribution in [3.63, 3.8) is 0 Å². The highest BCUT2D eigenvalue weighted by Gasteiger charge is 2.28. The molecule has 1 aromatic rings. The van der Waals surface area contributed by atoms with E-state index in [0.717, 1.165) is 12.3 Å². The lowest BCUT2D eigenvalue weighted by Crippen LogP contribution is -2.45. The molecular weight excluding hydrogens is 357 g/mol. The van der Waals surface area contributed by atoms with Gasteiger partial charge in [-0.05, 0) is 36.8 Å². The minimum absolute atomic E-state index is 0.0157. The predicted octanol–water partition coefficient (Wildman–Crippen LogP) is 1.26. The second-order valence-corrected chi connectivity index (χ2v) is 8.65. The zero-order valence-corrected chi connectivity index (χ0v) is 14.7. The van der Waals surface area contributed by atoms with Crippen molar-refractivity contribution < 1.29 is 26.4 Å². The standard InChI is InChI=1S/C16H21F3N2O3S/c1-25(23,24)9-16(22)21-4-2-10(3-5-21)15(20)7-11-6-13(18)14(19)8-12(11)17/h6,8,10,15H,2-5,7,9,20H2,1H3/t15-/m1/s1. The van der Waals surface area contributed by atoms with Gasteiger partial charge in [0, 0.05) is 31.5 Å². The molecule has 0 saturated carbocycles. The van der Waals surface area contributed by atoms with Crippen LogP contribution < -0.4 is 5.73 Å². The van der Waals surface area contributed by atoms with Crippen molar-refractivity contribution in [2.45, 2.75) is 25.3 Å². The van der Waals surface area contributed by atoms with E-state index < -0.39 is 45.0 Å². The molecule has 0 spiro atoms. The summed E-state index contributed by atoms with van der Waals surface area (Å²) in [5, 5.41) is 0. The molecule has 1 heterocycles. The van der Waals surface area contributed by atoms with Gasteiger partial charge in [0.15, 0.2) is 21.5 Å². The summed E-state index contributed by atoms with van der Waals surface area (Å²) >= 11 is 0. The number of carbonyl (C=O) groups is 1. The Kier molecular flexibility index (Phi) is 6.10. The molecule has 1 aromatic carbocycles. The summed E-state index contributed by atoms with van der Waals surface area (Å²) in [6.45, 7) is 0.736. The third-order valence-electron chi connectivity index (χ3n) is 4.43. The maximum absolute atomic E-state index is 13.7. The van der Waals surface area contributed by atoms with Crippen molar-refractivity contribution in [2.24, 2.45) is 11.7 Å². The summed E-state index contributed by atoms with van der Waals surface area (Å²) < 4.78 is 62.3. The molecule has 9 heteroatoms. The summed E-state index contributed by atoms with van der Waals surface area (Å²) in [5.74, 6) is -4.19. The van der Waals surface area contributed by atoms with Gasteiger partial charge in [-0.1, -0.05) is 0 Å². The molecule has 1 amide bonds. The number of likely N-dealkylation sites (tertiary alicyclic amines) is 1. The number of rotatable bonds is 5. The van der Waals surface area contributed by atoms with E-state index in [4.69, 9.17) is 5.73 Å². The Balaban J connectivity index is 1.92. The van der Waals surface area contributed by atoms with Gasteiger partial charge in [0.25, 0.3) is 0 Å². The van der Waals surface area contributed by atoms with Crippen LogP contribution in [0.2, 0.25) is 0 Å². The van der Waals surface area contributed by atoms with Crippen LogP contribution in [0, 0.1) is 23.4 Å². The summed E-state index contributed by atoms with van der Waals surface area (Å²) in [6, 6.07) is 0.852. The number of sulfone groups is 1. The van der Waals surface area contributed by atoms with E-state index >= 15 is 0 Å². The Morgan fingerprint density at radius 1 is 1.20 bits per heavy atom. The highest BCUT2D eigenvalue weighted by Crippen LogP contribution is 2.24. The van der Waals surface area contributed by atoms with Crippen molar-refractivity contribution in [3.05, 3.63) is 35.1 Å². The number of benzene rings is 1. The number of nitrogens with zero attached hydrogens (tertiary/aromatic N) is 1. The molecule has 1 saturated heterocycles. The van der Waals surface area contributed by atoms with Crippen LogP contribution in [0.25, 0.3) is 0 Å². The second kappa shape index (κ2) is 7.74. The number of piperidine rings is 1. The van der Waals surface area contributed by atoms with Gasteiger partial charge in [-0.3, -0.25) is 4.79 Å². The number of carbonyl (C=O) groups excluding carboxylic acids is 1. The number of nitrogens with two attached hydrogens (primary N) is 1. The lowest BCUT2D eigenvalue weighted by molar-refractivity contribution is -0.129. The van der Waals surface area contributed by atoms with E-state index in [-0.39, 0.29) is 17.9 Å². The third-order valence-corrected chi connectivity index (χ3v) is 5.20. The molecule has 5 nitrogen and oxygen atoms in total. The molecule has 0 aliphatic carbocycles. The van der Waals surface area contributed by atoms with Crippen molar-refractivity contribution in [3.8, 4) is 0 Å². The van der Waals surface area contributed by atoms with Crippen LogP contribution in [0.5, 0.6) is 0 Å². The Bertz CT molecular complexity index is 747. The fourth-order valence-electron chi connectivity index (χ4n) is 3.03. The Morgan fingerprint density at radius 3 is 2.32 bits per heavy atom. The van der Waals surface area contributed by atoms with Gasteiger partial charge in [-0.15, -0.1) is 0 Å². The summed E-state index contributed by atoms with van der Waals surface area (Å²) in [6.07, 6.45) is 2.15. The van der Waals surface area contributed by atoms with Gasteiger partial charge in [0.05, 0.1) is 0 Å². The molecule has 0 unspecified atom stereocenters. The number of halogens is 3. The van der Waals surface area contributed by atoms with E-state index in [0.29, 0.717) is 32.0 Å². The molecule has 0 bridgehead atoms. The van der Waals surface area contributed by atoms with Crippen molar-refractivity contribution in [2.75, 3.05) is 25.1 Å². The largest absolute Gasteiger partial charge is 0.342 e. The summed E-state index contributed by atoms with van der Waals surface area (Å²) in [5.41, 5.74) is 6.09. The first kappa shape index (κ1) is 19.7. The smallest absolute Gasteiger partial charge is 0.237 e. The SMILES string of the molecule is CS(=O)(=O)CC(=O)N1CCC([C@H](N)Cc2cc(F)c(F)cc2F)CC1. The van der Waals surface area contributed by atoms with E-state index in [1.54, 1.807) is 0 Å². The van der Waals surface area contributed by atoms with Gasteiger partial charge < -0.3 is 10.6 Å². The first-order valence-electron chi connectivity index (χ1n) is 7.91. The molecule has 25 heavy (non-hydrogen) atoms. The van der Waals surface area contributed by atoms with E-state index in [1.807, 2.05) is 0 Å². The van der Waals surface area contributed by atoms with Crippen LogP contribution in [0.15, 0.2) is 12.1 Å². The van der Waals surface area contributed by atoms with Crippen LogP contribution in [0.4, 0.5) is 13.2 Å². The van der Waals surface area contributed by atoms with Gasteiger partial charge in [0.2, 0.25) is 5.91 Å². The second-order valence-electron chi connectivity index (χ2n) is 6.51. The van der Waals surface area contributed by atoms with Crippen LogP contribution in [0.3, 0.4) is 0 Å². The topological polar surface area (TPSA) is 80.5 Å². The fourth-order valence-corrected chi connectivity index (χ4v) is 3.66. The first-order valence-corrected chi connectivity index (χ1v) is 9.97. The molecule has 1 aliphatic heterocycles. The summed E-state index contributed by atoms with van der Waals surface area (Å²) in [4.78, 5) is 13.4. The first-order chi connectivity index (χ1) is 11.6.